The third-order valence-electron chi connectivity index (χ3n) is 3.28. The summed E-state index contributed by atoms with van der Waals surface area (Å²) in [6.07, 6.45) is 2.68. The summed E-state index contributed by atoms with van der Waals surface area (Å²) in [5.41, 5.74) is 1.24. The van der Waals surface area contributed by atoms with Gasteiger partial charge in [0.25, 0.3) is 0 Å². The Balaban J connectivity index is 1.76. The first-order valence-electron chi connectivity index (χ1n) is 7.20. The Kier molecular flexibility index (Phi) is 5.70. The van der Waals surface area contributed by atoms with Crippen LogP contribution in [0, 0.1) is 0 Å². The lowest BCUT2D eigenvalue weighted by atomic mass is 10.1. The van der Waals surface area contributed by atoms with E-state index in [-0.39, 0.29) is 0 Å². The Hall–Kier alpha value is -1.37. The van der Waals surface area contributed by atoms with E-state index in [9.17, 15) is 0 Å². The Morgan fingerprint density at radius 2 is 2.00 bits per heavy atom. The predicted octanol–water partition coefficient (Wildman–Crippen LogP) is 5.17. The van der Waals surface area contributed by atoms with E-state index in [1.807, 2.05) is 24.3 Å². The molecule has 0 N–H and O–H groups in total. The van der Waals surface area contributed by atoms with E-state index >= 15 is 0 Å². The standard InChI is InChI=1S/C17H16BrN3S2/c1-2-10-21-16(11-13-6-4-3-5-7-13)19-20-17(21)22-12-14-8-9-15(18)23-14/h2-9H,1,10-12H2. The molecular weight excluding hydrogens is 390 g/mol. The van der Waals surface area contributed by atoms with Gasteiger partial charge in [-0.2, -0.15) is 0 Å². The first kappa shape index (κ1) is 16.5. The monoisotopic (exact) mass is 405 g/mol. The molecule has 0 aliphatic rings. The van der Waals surface area contributed by atoms with E-state index in [4.69, 9.17) is 0 Å². The number of nitrogens with zero attached hydrogens (tertiary/aromatic N) is 3. The van der Waals surface area contributed by atoms with E-state index in [2.05, 4.69) is 61.5 Å². The van der Waals surface area contributed by atoms with Gasteiger partial charge < -0.3 is 4.57 Å². The summed E-state index contributed by atoms with van der Waals surface area (Å²) in [4.78, 5) is 1.32. The molecule has 3 rings (SSSR count). The fraction of sp³-hybridized carbons (Fsp3) is 0.176. The maximum atomic E-state index is 4.39. The molecule has 0 unspecified atom stereocenters. The molecule has 0 saturated heterocycles. The summed E-state index contributed by atoms with van der Waals surface area (Å²) in [6.45, 7) is 4.58. The third-order valence-corrected chi connectivity index (χ3v) is 6.10. The average Bonchev–Trinajstić information content (AvgIpc) is 3.14. The smallest absolute Gasteiger partial charge is 0.191 e. The summed E-state index contributed by atoms with van der Waals surface area (Å²) in [5, 5.41) is 9.70. The summed E-state index contributed by atoms with van der Waals surface area (Å²) in [5.74, 6) is 1.88. The lowest BCUT2D eigenvalue weighted by Gasteiger charge is -2.07. The molecule has 0 atom stereocenters. The normalized spacial score (nSPS) is 10.8. The second kappa shape index (κ2) is 7.95. The van der Waals surface area contributed by atoms with Crippen molar-refractivity contribution in [3.63, 3.8) is 0 Å². The number of aromatic nitrogens is 3. The van der Waals surface area contributed by atoms with Crippen molar-refractivity contribution < 1.29 is 0 Å². The Morgan fingerprint density at radius 3 is 2.70 bits per heavy atom. The van der Waals surface area contributed by atoms with Crippen molar-refractivity contribution in [2.75, 3.05) is 0 Å². The Morgan fingerprint density at radius 1 is 1.17 bits per heavy atom. The lowest BCUT2D eigenvalue weighted by Crippen LogP contribution is -2.04. The van der Waals surface area contributed by atoms with Crippen molar-refractivity contribution in [2.24, 2.45) is 0 Å². The molecule has 3 nitrogen and oxygen atoms in total. The molecule has 0 aliphatic carbocycles. The highest BCUT2D eigenvalue weighted by Crippen LogP contribution is 2.29. The summed E-state index contributed by atoms with van der Waals surface area (Å²) in [7, 11) is 0. The highest BCUT2D eigenvalue weighted by molar-refractivity contribution is 9.11. The molecule has 6 heteroatoms. The molecule has 2 aromatic heterocycles. The first-order chi connectivity index (χ1) is 11.3. The highest BCUT2D eigenvalue weighted by atomic mass is 79.9. The van der Waals surface area contributed by atoms with Gasteiger partial charge in [-0.1, -0.05) is 48.2 Å². The molecular formula is C17H16BrN3S2. The molecule has 0 saturated carbocycles. The molecule has 0 aliphatic heterocycles. The fourth-order valence-corrected chi connectivity index (χ4v) is 4.71. The van der Waals surface area contributed by atoms with Crippen LogP contribution in [0.5, 0.6) is 0 Å². The molecule has 1 aromatic carbocycles. The average molecular weight is 406 g/mol. The molecule has 0 amide bonds. The Labute approximate surface area is 152 Å². The number of rotatable bonds is 7. The minimum Gasteiger partial charge on any atom is -0.302 e. The minimum absolute atomic E-state index is 0.728. The van der Waals surface area contributed by atoms with Crippen LogP contribution in [0.15, 0.2) is 64.1 Å². The molecule has 118 valence electrons. The van der Waals surface area contributed by atoms with Crippen LogP contribution in [0.1, 0.15) is 16.3 Å². The number of halogens is 1. The summed E-state index contributed by atoms with van der Waals surface area (Å²) >= 11 is 6.97. The van der Waals surface area contributed by atoms with E-state index in [0.29, 0.717) is 0 Å². The largest absolute Gasteiger partial charge is 0.302 e. The van der Waals surface area contributed by atoms with Gasteiger partial charge in [0.05, 0.1) is 3.79 Å². The van der Waals surface area contributed by atoms with Gasteiger partial charge in [-0.15, -0.1) is 28.1 Å². The maximum absolute atomic E-state index is 4.39. The van der Waals surface area contributed by atoms with Crippen LogP contribution >= 0.6 is 39.0 Å². The van der Waals surface area contributed by atoms with Crippen LogP contribution in [-0.4, -0.2) is 14.8 Å². The van der Waals surface area contributed by atoms with Crippen LogP contribution in [0.3, 0.4) is 0 Å². The van der Waals surface area contributed by atoms with Crippen molar-refractivity contribution >= 4 is 39.0 Å². The number of allylic oxidation sites excluding steroid dienone is 1. The van der Waals surface area contributed by atoms with Crippen LogP contribution < -0.4 is 0 Å². The van der Waals surface area contributed by atoms with Crippen LogP contribution in [0.2, 0.25) is 0 Å². The van der Waals surface area contributed by atoms with Crippen molar-refractivity contribution in [1.82, 2.24) is 14.8 Å². The van der Waals surface area contributed by atoms with Gasteiger partial charge in [-0.05, 0) is 33.6 Å². The molecule has 0 fully saturated rings. The number of benzene rings is 1. The van der Waals surface area contributed by atoms with Crippen molar-refractivity contribution in [3.8, 4) is 0 Å². The van der Waals surface area contributed by atoms with Crippen molar-refractivity contribution in [2.45, 2.75) is 23.9 Å². The number of thiophene rings is 1. The van der Waals surface area contributed by atoms with Gasteiger partial charge in [0, 0.05) is 23.6 Å². The quantitative estimate of drug-likeness (QED) is 0.401. The van der Waals surface area contributed by atoms with Gasteiger partial charge >= 0.3 is 0 Å². The number of hydrogen-bond donors (Lipinski definition) is 0. The predicted molar refractivity (Wildman–Crippen MR) is 101 cm³/mol. The SMILES string of the molecule is C=CCn1c(Cc2ccccc2)nnc1SCc1ccc(Br)s1. The van der Waals surface area contributed by atoms with E-state index < -0.39 is 0 Å². The second-order valence-electron chi connectivity index (χ2n) is 4.95. The molecule has 0 bridgehead atoms. The van der Waals surface area contributed by atoms with E-state index in [1.54, 1.807) is 23.1 Å². The zero-order valence-corrected chi connectivity index (χ0v) is 15.7. The van der Waals surface area contributed by atoms with Gasteiger partial charge in [-0.3, -0.25) is 0 Å². The highest BCUT2D eigenvalue weighted by Gasteiger charge is 2.12. The fourth-order valence-electron chi connectivity index (χ4n) is 2.21. The molecule has 2 heterocycles. The topological polar surface area (TPSA) is 30.7 Å². The molecule has 3 aromatic rings. The maximum Gasteiger partial charge on any atom is 0.191 e. The van der Waals surface area contributed by atoms with Crippen molar-refractivity contribution in [1.29, 1.82) is 0 Å². The summed E-state index contributed by atoms with van der Waals surface area (Å²) in [6, 6.07) is 14.6. The van der Waals surface area contributed by atoms with E-state index in [1.165, 1.54) is 10.4 Å². The van der Waals surface area contributed by atoms with Crippen LogP contribution in [0.4, 0.5) is 0 Å². The first-order valence-corrected chi connectivity index (χ1v) is 9.79. The van der Waals surface area contributed by atoms with Gasteiger partial charge in [0.1, 0.15) is 5.82 Å². The van der Waals surface area contributed by atoms with Gasteiger partial charge in [0.15, 0.2) is 5.16 Å². The lowest BCUT2D eigenvalue weighted by molar-refractivity contribution is 0.690. The van der Waals surface area contributed by atoms with Crippen LogP contribution in [0.25, 0.3) is 0 Å². The van der Waals surface area contributed by atoms with Crippen molar-refractivity contribution in [3.05, 3.63) is 75.2 Å². The number of thioether (sulfide) groups is 1. The Bertz CT molecular complexity index is 780. The minimum atomic E-state index is 0.728. The van der Waals surface area contributed by atoms with Gasteiger partial charge in [-0.25, -0.2) is 0 Å². The zero-order chi connectivity index (χ0) is 16.1. The van der Waals surface area contributed by atoms with Gasteiger partial charge in [0.2, 0.25) is 0 Å². The summed E-state index contributed by atoms with van der Waals surface area (Å²) < 4.78 is 3.30. The van der Waals surface area contributed by atoms with Crippen LogP contribution in [-0.2, 0) is 18.7 Å². The molecule has 0 radical (unpaired) electrons. The third kappa shape index (κ3) is 4.34. The second-order valence-corrected chi connectivity index (χ2v) is 8.45. The van der Waals surface area contributed by atoms with E-state index in [0.717, 1.165) is 33.5 Å². The molecule has 23 heavy (non-hydrogen) atoms. The zero-order valence-electron chi connectivity index (χ0n) is 12.5. The number of hydrogen-bond acceptors (Lipinski definition) is 4. The molecule has 0 spiro atoms.